The molecule has 1 aliphatic rings. The summed E-state index contributed by atoms with van der Waals surface area (Å²) in [4.78, 5) is 6.97. The average Bonchev–Trinajstić information content (AvgIpc) is 2.38. The number of rotatable bonds is 3. The van der Waals surface area contributed by atoms with Crippen LogP contribution in [0.5, 0.6) is 0 Å². The van der Waals surface area contributed by atoms with Crippen LogP contribution in [0, 0.1) is 0 Å². The first-order valence-corrected chi connectivity index (χ1v) is 6.75. The van der Waals surface area contributed by atoms with Crippen LogP contribution in [-0.4, -0.2) is 16.5 Å². The van der Waals surface area contributed by atoms with Gasteiger partial charge in [0.05, 0.1) is 0 Å². The fraction of sp³-hybridized carbons (Fsp3) is 0.286. The maximum atomic E-state index is 12.6. The zero-order chi connectivity index (χ0) is 15.0. The van der Waals surface area contributed by atoms with Crippen molar-refractivity contribution >= 4 is 17.4 Å². The first-order valence-electron chi connectivity index (χ1n) is 6.37. The third-order valence-corrected chi connectivity index (χ3v) is 3.65. The van der Waals surface area contributed by atoms with E-state index in [2.05, 4.69) is 21.4 Å². The number of nitrogens with one attached hydrogen (secondary N) is 1. The highest BCUT2D eigenvalue weighted by Crippen LogP contribution is 2.35. The number of anilines is 1. The maximum absolute atomic E-state index is 12.6. The van der Waals surface area contributed by atoms with Gasteiger partial charge in [-0.1, -0.05) is 24.3 Å². The van der Waals surface area contributed by atoms with Gasteiger partial charge in [-0.25, -0.2) is 9.97 Å². The van der Waals surface area contributed by atoms with Gasteiger partial charge in [-0.2, -0.15) is 13.2 Å². The topological polar surface area (TPSA) is 37.8 Å². The van der Waals surface area contributed by atoms with Crippen molar-refractivity contribution in [3.63, 3.8) is 0 Å². The van der Waals surface area contributed by atoms with Crippen molar-refractivity contribution in [2.75, 3.05) is 11.9 Å². The monoisotopic (exact) mass is 313 g/mol. The van der Waals surface area contributed by atoms with Gasteiger partial charge in [0.1, 0.15) is 5.82 Å². The van der Waals surface area contributed by atoms with Crippen molar-refractivity contribution in [1.29, 1.82) is 0 Å². The Bertz CT molecular complexity index is 673. The summed E-state index contributed by atoms with van der Waals surface area (Å²) in [6.45, 7) is 0.516. The van der Waals surface area contributed by atoms with Crippen LogP contribution in [0.4, 0.5) is 19.0 Å². The molecule has 0 aliphatic heterocycles. The molecule has 110 valence electrons. The van der Waals surface area contributed by atoms with E-state index in [1.54, 1.807) is 0 Å². The van der Waals surface area contributed by atoms with Gasteiger partial charge in [-0.15, -0.1) is 0 Å². The van der Waals surface area contributed by atoms with E-state index in [9.17, 15) is 13.2 Å². The minimum atomic E-state index is -4.54. The number of fused-ring (bicyclic) bond motifs is 1. The van der Waals surface area contributed by atoms with Gasteiger partial charge in [-0.05, 0) is 29.1 Å². The molecule has 1 heterocycles. The highest BCUT2D eigenvalue weighted by Gasteiger charge is 2.33. The van der Waals surface area contributed by atoms with Crippen molar-refractivity contribution in [2.45, 2.75) is 18.5 Å². The molecule has 0 fully saturated rings. The van der Waals surface area contributed by atoms with Gasteiger partial charge in [0.15, 0.2) is 5.69 Å². The first-order chi connectivity index (χ1) is 9.93. The SMILES string of the molecule is FC(F)(F)c1cc(NCC2Cc3ccccc32)nc(Cl)n1. The Morgan fingerprint density at radius 2 is 2.00 bits per heavy atom. The lowest BCUT2D eigenvalue weighted by Gasteiger charge is -2.30. The van der Waals surface area contributed by atoms with Crippen LogP contribution in [-0.2, 0) is 12.6 Å². The molecule has 3 nitrogen and oxygen atoms in total. The average molecular weight is 314 g/mol. The van der Waals surface area contributed by atoms with Gasteiger partial charge in [0, 0.05) is 18.5 Å². The van der Waals surface area contributed by atoms with E-state index in [1.165, 1.54) is 11.1 Å². The molecule has 0 saturated carbocycles. The number of nitrogens with zero attached hydrogens (tertiary/aromatic N) is 2. The maximum Gasteiger partial charge on any atom is 0.433 e. The van der Waals surface area contributed by atoms with E-state index in [1.807, 2.05) is 18.2 Å². The lowest BCUT2D eigenvalue weighted by molar-refractivity contribution is -0.141. The first kappa shape index (κ1) is 14.1. The van der Waals surface area contributed by atoms with Crippen LogP contribution in [0.2, 0.25) is 5.28 Å². The molecule has 21 heavy (non-hydrogen) atoms. The van der Waals surface area contributed by atoms with E-state index in [0.717, 1.165) is 12.5 Å². The molecule has 0 radical (unpaired) electrons. The van der Waals surface area contributed by atoms with Gasteiger partial charge in [-0.3, -0.25) is 0 Å². The van der Waals surface area contributed by atoms with Crippen LogP contribution in [0.15, 0.2) is 30.3 Å². The van der Waals surface area contributed by atoms with Crippen LogP contribution in [0.25, 0.3) is 0 Å². The molecule has 1 atom stereocenters. The molecule has 0 saturated heterocycles. The zero-order valence-electron chi connectivity index (χ0n) is 10.8. The van der Waals surface area contributed by atoms with Crippen molar-refractivity contribution in [1.82, 2.24) is 9.97 Å². The molecule has 0 amide bonds. The zero-order valence-corrected chi connectivity index (χ0v) is 11.5. The van der Waals surface area contributed by atoms with E-state index in [-0.39, 0.29) is 11.7 Å². The Morgan fingerprint density at radius 3 is 2.71 bits per heavy atom. The van der Waals surface area contributed by atoms with Crippen molar-refractivity contribution in [3.8, 4) is 0 Å². The molecule has 0 bridgehead atoms. The lowest BCUT2D eigenvalue weighted by Crippen LogP contribution is -2.24. The molecule has 3 rings (SSSR count). The highest BCUT2D eigenvalue weighted by atomic mass is 35.5. The van der Waals surface area contributed by atoms with Crippen molar-refractivity contribution < 1.29 is 13.2 Å². The van der Waals surface area contributed by atoms with Gasteiger partial charge >= 0.3 is 6.18 Å². The third-order valence-electron chi connectivity index (χ3n) is 3.48. The normalized spacial score (nSPS) is 17.0. The summed E-state index contributed by atoms with van der Waals surface area (Å²) in [6.07, 6.45) is -3.62. The van der Waals surface area contributed by atoms with Gasteiger partial charge in [0.25, 0.3) is 0 Å². The van der Waals surface area contributed by atoms with E-state index < -0.39 is 17.2 Å². The second-order valence-electron chi connectivity index (χ2n) is 4.89. The van der Waals surface area contributed by atoms with Gasteiger partial charge in [0.2, 0.25) is 5.28 Å². The Hall–Kier alpha value is -1.82. The van der Waals surface area contributed by atoms with Crippen LogP contribution >= 0.6 is 11.6 Å². The predicted molar refractivity (Wildman–Crippen MR) is 73.4 cm³/mol. The summed E-state index contributed by atoms with van der Waals surface area (Å²) in [6, 6.07) is 8.88. The van der Waals surface area contributed by atoms with Crippen molar-refractivity contribution in [2.24, 2.45) is 0 Å². The highest BCUT2D eigenvalue weighted by molar-refractivity contribution is 6.28. The number of hydrogen-bond donors (Lipinski definition) is 1. The Balaban J connectivity index is 1.71. The summed E-state index contributed by atoms with van der Waals surface area (Å²) < 4.78 is 37.9. The Labute approximate surface area is 124 Å². The number of hydrogen-bond acceptors (Lipinski definition) is 3. The summed E-state index contributed by atoms with van der Waals surface area (Å²) in [5, 5.41) is 2.49. The molecule has 1 aromatic heterocycles. The van der Waals surface area contributed by atoms with E-state index in [0.29, 0.717) is 6.54 Å². The molecule has 7 heteroatoms. The second kappa shape index (κ2) is 5.18. The van der Waals surface area contributed by atoms with Crippen LogP contribution in [0.1, 0.15) is 22.7 Å². The van der Waals surface area contributed by atoms with Crippen LogP contribution < -0.4 is 5.32 Å². The van der Waals surface area contributed by atoms with E-state index >= 15 is 0 Å². The standard InChI is InChI=1S/C14H11ClF3N3/c15-13-20-11(14(16,17)18)6-12(21-13)19-7-9-5-8-3-1-2-4-10(8)9/h1-4,6,9H,5,7H2,(H,19,20,21). The number of aromatic nitrogens is 2. The van der Waals surface area contributed by atoms with Crippen molar-refractivity contribution in [3.05, 3.63) is 52.4 Å². The summed E-state index contributed by atoms with van der Waals surface area (Å²) in [5.74, 6) is 0.371. The lowest BCUT2D eigenvalue weighted by atomic mass is 9.77. The smallest absolute Gasteiger partial charge is 0.369 e. The number of alkyl halides is 3. The Morgan fingerprint density at radius 1 is 1.24 bits per heavy atom. The molecular formula is C14H11ClF3N3. The molecule has 2 aromatic rings. The molecule has 1 N–H and O–H groups in total. The Kier molecular flexibility index (Phi) is 3.49. The fourth-order valence-electron chi connectivity index (χ4n) is 2.43. The summed E-state index contributed by atoms with van der Waals surface area (Å²) in [5.41, 5.74) is 1.46. The second-order valence-corrected chi connectivity index (χ2v) is 5.22. The fourth-order valence-corrected chi connectivity index (χ4v) is 2.61. The number of benzene rings is 1. The predicted octanol–water partition coefficient (Wildman–Crippen LogP) is 3.90. The van der Waals surface area contributed by atoms with E-state index in [4.69, 9.17) is 11.6 Å². The molecule has 1 aromatic carbocycles. The molecule has 0 spiro atoms. The van der Waals surface area contributed by atoms with Crippen LogP contribution in [0.3, 0.4) is 0 Å². The molecule has 1 aliphatic carbocycles. The third kappa shape index (κ3) is 2.95. The quantitative estimate of drug-likeness (QED) is 0.873. The van der Waals surface area contributed by atoms with Gasteiger partial charge < -0.3 is 5.32 Å². The minimum absolute atomic E-state index is 0.0895. The summed E-state index contributed by atoms with van der Waals surface area (Å²) >= 11 is 5.54. The largest absolute Gasteiger partial charge is 0.433 e. The molecular weight excluding hydrogens is 303 g/mol. The summed E-state index contributed by atoms with van der Waals surface area (Å²) in [7, 11) is 0. The minimum Gasteiger partial charge on any atom is -0.369 e. The molecule has 1 unspecified atom stereocenters. The number of halogens is 4.